The van der Waals surface area contributed by atoms with Crippen LogP contribution >= 0.6 is 0 Å². The monoisotopic (exact) mass is 620 g/mol. The number of hydrogen-bond acceptors (Lipinski definition) is 7. The van der Waals surface area contributed by atoms with Gasteiger partial charge in [-0.05, 0) is 36.5 Å². The molecule has 2 aliphatic heterocycles. The molecule has 0 aromatic heterocycles. The smallest absolute Gasteiger partial charge is 0.493 e. The average Bonchev–Trinajstić information content (AvgIpc) is 3.73. The van der Waals surface area contributed by atoms with E-state index in [0.29, 0.717) is 23.7 Å². The third kappa shape index (κ3) is 18.7. The Morgan fingerprint density at radius 3 is 1.32 bits per heavy atom. The van der Waals surface area contributed by atoms with Crippen LogP contribution in [0.15, 0.2) is 60.7 Å². The van der Waals surface area contributed by atoms with Crippen LogP contribution in [0.25, 0.3) is 0 Å². The molecule has 2 aromatic rings. The molecule has 0 aliphatic carbocycles. The van der Waals surface area contributed by atoms with E-state index in [-0.39, 0.29) is 78.6 Å². The molecular formula is C25H30O7Y2-4. The third-order valence-electron chi connectivity index (χ3n) is 3.69. The second-order valence-corrected chi connectivity index (χ2v) is 6.89. The van der Waals surface area contributed by atoms with Gasteiger partial charge in [0.15, 0.2) is 0 Å². The zero-order valence-corrected chi connectivity index (χ0v) is 24.9. The third-order valence-corrected chi connectivity index (χ3v) is 3.69. The number of benzene rings is 2. The Morgan fingerprint density at radius 2 is 1.06 bits per heavy atom. The van der Waals surface area contributed by atoms with Gasteiger partial charge in [-0.25, -0.2) is 4.79 Å². The van der Waals surface area contributed by atoms with Crippen LogP contribution in [-0.2, 0) is 84.4 Å². The predicted octanol–water partition coefficient (Wildman–Crippen LogP) is 4.14. The van der Waals surface area contributed by atoms with Crippen molar-refractivity contribution in [3.05, 3.63) is 88.4 Å². The Balaban J connectivity index is 0.000000913. The maximum Gasteiger partial charge on any atom is 0.503 e. The molecule has 2 heterocycles. The Morgan fingerprint density at radius 1 is 0.765 bits per heavy atom. The Labute approximate surface area is 253 Å². The molecule has 2 aromatic carbocycles. The first-order valence-corrected chi connectivity index (χ1v) is 10.2. The Hall–Kier alpha value is -0.562. The van der Waals surface area contributed by atoms with E-state index < -0.39 is 18.4 Å². The summed E-state index contributed by atoms with van der Waals surface area (Å²) < 4.78 is 30.1. The largest absolute Gasteiger partial charge is 0.503 e. The molecule has 0 spiro atoms. The molecule has 2 saturated heterocycles. The predicted molar refractivity (Wildman–Crippen MR) is 120 cm³/mol. The minimum Gasteiger partial charge on any atom is -0.493 e. The van der Waals surface area contributed by atoms with Crippen LogP contribution in [0.5, 0.6) is 11.5 Å². The summed E-state index contributed by atoms with van der Waals surface area (Å²) in [5.74, 6) is 1.35. The second-order valence-electron chi connectivity index (χ2n) is 6.89. The van der Waals surface area contributed by atoms with E-state index in [1.54, 1.807) is 24.3 Å². The summed E-state index contributed by atoms with van der Waals surface area (Å²) in [6.07, 6.45) is -1.58. The van der Waals surface area contributed by atoms with E-state index in [0.717, 1.165) is 13.2 Å². The molecule has 4 unspecified atom stereocenters. The topological polar surface area (TPSA) is 79.1 Å². The maximum absolute atomic E-state index is 11.7. The van der Waals surface area contributed by atoms with Crippen molar-refractivity contribution in [1.29, 1.82) is 0 Å². The standard InChI is InChI=1S/C19H20O5.2C3H5O.2Y/c1-15(13-21-17-9-5-3-6-10-17)23-19(20)24-16(2)14-22-18-11-7-4-8-12-18;2*1-3-2-4-3;;/h3-12,15-16H,1-2,13-14H2;2*3H,1-2H2;;/q-2;2*-1;;. The number of epoxide rings is 2. The molecule has 9 heteroatoms. The molecule has 4 rings (SSSR count). The van der Waals surface area contributed by atoms with Crippen LogP contribution in [0.2, 0.25) is 0 Å². The summed E-state index contributed by atoms with van der Waals surface area (Å²) in [5.41, 5.74) is 0. The second kappa shape index (κ2) is 19.6. The molecule has 34 heavy (non-hydrogen) atoms. The summed E-state index contributed by atoms with van der Waals surface area (Å²) in [4.78, 5) is 11.7. The maximum atomic E-state index is 11.7. The van der Waals surface area contributed by atoms with Crippen molar-refractivity contribution in [2.45, 2.75) is 24.4 Å². The van der Waals surface area contributed by atoms with Crippen molar-refractivity contribution in [2.75, 3.05) is 26.4 Å². The van der Waals surface area contributed by atoms with Gasteiger partial charge in [0.25, 0.3) is 0 Å². The van der Waals surface area contributed by atoms with E-state index >= 15 is 0 Å². The van der Waals surface area contributed by atoms with Gasteiger partial charge in [-0.15, -0.1) is 0 Å². The molecule has 7 nitrogen and oxygen atoms in total. The number of carbonyl (C=O) groups is 1. The first kappa shape index (κ1) is 33.4. The van der Waals surface area contributed by atoms with Crippen LogP contribution in [0.4, 0.5) is 4.79 Å². The summed E-state index contributed by atoms with van der Waals surface area (Å²) in [5, 5.41) is 0. The molecule has 0 N–H and O–H groups in total. The number of ether oxygens (including phenoxy) is 6. The van der Waals surface area contributed by atoms with Crippen LogP contribution < -0.4 is 9.47 Å². The van der Waals surface area contributed by atoms with Crippen molar-refractivity contribution < 1.29 is 98.6 Å². The van der Waals surface area contributed by atoms with Gasteiger partial charge in [-0.3, -0.25) is 13.8 Å². The van der Waals surface area contributed by atoms with Gasteiger partial charge in [-0.1, -0.05) is 36.4 Å². The first-order chi connectivity index (χ1) is 15.4. The van der Waals surface area contributed by atoms with Crippen LogP contribution in [0.1, 0.15) is 0 Å². The number of hydrogen-bond donors (Lipinski definition) is 0. The Bertz CT molecular complexity index is 693. The molecular weight excluding hydrogens is 590 g/mol. The van der Waals surface area contributed by atoms with Gasteiger partial charge in [0.1, 0.15) is 11.5 Å². The normalized spacial score (nSPS) is 18.4. The molecule has 2 radical (unpaired) electrons. The number of para-hydroxylation sites is 2. The van der Waals surface area contributed by atoms with E-state index in [4.69, 9.17) is 18.9 Å². The molecule has 0 bridgehead atoms. The molecule has 182 valence electrons. The fourth-order valence-electron chi connectivity index (χ4n) is 1.92. The fourth-order valence-corrected chi connectivity index (χ4v) is 1.92. The quantitative estimate of drug-likeness (QED) is 0.250. The fraction of sp³-hybridized carbons (Fsp3) is 0.320. The van der Waals surface area contributed by atoms with Gasteiger partial charge in [0.2, 0.25) is 0 Å². The van der Waals surface area contributed by atoms with Crippen molar-refractivity contribution in [3.63, 3.8) is 0 Å². The van der Waals surface area contributed by atoms with Gasteiger partial charge in [0.05, 0.1) is 13.2 Å². The number of carbonyl (C=O) groups excluding carboxylic acids is 1. The van der Waals surface area contributed by atoms with Gasteiger partial charge in [0, 0.05) is 90.8 Å². The molecule has 2 aliphatic rings. The van der Waals surface area contributed by atoms with Crippen LogP contribution in [0.3, 0.4) is 0 Å². The van der Waals surface area contributed by atoms with Crippen molar-refractivity contribution in [2.24, 2.45) is 0 Å². The van der Waals surface area contributed by atoms with E-state index in [2.05, 4.69) is 37.2 Å². The Kier molecular flexibility index (Phi) is 19.3. The molecule has 0 amide bonds. The summed E-state index contributed by atoms with van der Waals surface area (Å²) in [7, 11) is 0. The van der Waals surface area contributed by atoms with Crippen molar-refractivity contribution in [1.82, 2.24) is 0 Å². The van der Waals surface area contributed by atoms with Gasteiger partial charge >= 0.3 is 6.16 Å². The zero-order chi connectivity index (χ0) is 23.2. The van der Waals surface area contributed by atoms with Crippen LogP contribution in [0, 0.1) is 27.7 Å². The molecule has 0 saturated carbocycles. The van der Waals surface area contributed by atoms with Crippen molar-refractivity contribution >= 4 is 6.16 Å². The summed E-state index contributed by atoms with van der Waals surface area (Å²) in [6.45, 7) is 16.4. The van der Waals surface area contributed by atoms with Crippen LogP contribution in [-0.4, -0.2) is 57.0 Å². The SMILES string of the molecule is [CH2-]C(COc1ccccc1)OC(=O)OC([CH2-])COc1ccccc1.[CH2-]C1CO1.[CH2-]C1CO1.[Y].[Y]. The number of rotatable bonds is 8. The summed E-state index contributed by atoms with van der Waals surface area (Å²) in [6, 6.07) is 18.4. The van der Waals surface area contributed by atoms with E-state index in [9.17, 15) is 4.79 Å². The first-order valence-electron chi connectivity index (χ1n) is 10.2. The van der Waals surface area contributed by atoms with Crippen molar-refractivity contribution in [3.8, 4) is 11.5 Å². The minimum atomic E-state index is -0.858. The van der Waals surface area contributed by atoms with E-state index in [1.807, 2.05) is 36.4 Å². The average molecular weight is 620 g/mol. The zero-order valence-electron chi connectivity index (χ0n) is 19.3. The molecule has 4 atom stereocenters. The summed E-state index contributed by atoms with van der Waals surface area (Å²) >= 11 is 0. The minimum absolute atomic E-state index is 0. The van der Waals surface area contributed by atoms with Gasteiger partial charge < -0.3 is 42.3 Å². The molecule has 2 fully saturated rings. The van der Waals surface area contributed by atoms with E-state index in [1.165, 1.54) is 0 Å². The van der Waals surface area contributed by atoms with Gasteiger partial charge in [-0.2, -0.15) is 0 Å².